The molecule has 7 nitrogen and oxygen atoms in total. The summed E-state index contributed by atoms with van der Waals surface area (Å²) in [5, 5.41) is 23.1. The minimum absolute atomic E-state index is 0.0907. The summed E-state index contributed by atoms with van der Waals surface area (Å²) in [7, 11) is -2.74. The average Bonchev–Trinajstić information content (AvgIpc) is 2.61. The predicted molar refractivity (Wildman–Crippen MR) is 99.9 cm³/mol. The van der Waals surface area contributed by atoms with Gasteiger partial charge in [-0.1, -0.05) is 29.3 Å². The van der Waals surface area contributed by atoms with E-state index >= 15 is 0 Å². The summed E-state index contributed by atoms with van der Waals surface area (Å²) in [4.78, 5) is 9.57. The first kappa shape index (κ1) is 19.7. The largest absolute Gasteiger partial charge is 0.383 e. The molecule has 0 aliphatic carbocycles. The van der Waals surface area contributed by atoms with E-state index in [1.165, 1.54) is 31.3 Å². The van der Waals surface area contributed by atoms with Gasteiger partial charge < -0.3 is 5.32 Å². The molecule has 0 amide bonds. The quantitative estimate of drug-likeness (QED) is 0.446. The van der Waals surface area contributed by atoms with Crippen molar-refractivity contribution in [2.75, 3.05) is 12.4 Å². The monoisotopic (exact) mass is 411 g/mol. The number of nitrogens with one attached hydrogen (secondary N) is 1. The SMILES string of the molecule is CNc1ccc(/C=C(/C#N)S(=O)(=O)c2cc(Cl)ccc2Cl)cc1[N+](=O)[O-]. The second-order valence-electron chi connectivity index (χ2n) is 4.98. The Kier molecular flexibility index (Phi) is 5.87. The maximum absolute atomic E-state index is 12.7. The van der Waals surface area contributed by atoms with Gasteiger partial charge >= 0.3 is 0 Å². The third kappa shape index (κ3) is 3.96. The first-order valence-corrected chi connectivity index (χ1v) is 9.22. The van der Waals surface area contributed by atoms with Crippen LogP contribution in [0.15, 0.2) is 46.2 Å². The van der Waals surface area contributed by atoms with E-state index in [4.69, 9.17) is 23.2 Å². The van der Waals surface area contributed by atoms with Crippen LogP contribution >= 0.6 is 23.2 Å². The van der Waals surface area contributed by atoms with Crippen molar-refractivity contribution in [1.29, 1.82) is 5.26 Å². The van der Waals surface area contributed by atoms with Crippen molar-refractivity contribution in [2.45, 2.75) is 4.90 Å². The molecule has 0 radical (unpaired) electrons. The fraction of sp³-hybridized carbons (Fsp3) is 0.0625. The van der Waals surface area contributed by atoms with Gasteiger partial charge in [0, 0.05) is 18.1 Å². The van der Waals surface area contributed by atoms with E-state index in [0.717, 1.165) is 18.2 Å². The number of halogens is 2. The molecule has 0 fully saturated rings. The maximum atomic E-state index is 12.7. The lowest BCUT2D eigenvalue weighted by molar-refractivity contribution is -0.383. The van der Waals surface area contributed by atoms with E-state index in [0.29, 0.717) is 0 Å². The van der Waals surface area contributed by atoms with Crippen molar-refractivity contribution >= 4 is 50.5 Å². The first-order chi connectivity index (χ1) is 12.2. The van der Waals surface area contributed by atoms with Crippen LogP contribution in [-0.2, 0) is 9.84 Å². The Morgan fingerprint density at radius 1 is 1.27 bits per heavy atom. The molecule has 0 atom stereocenters. The standard InChI is InChI=1S/C16H11Cl2N3O4S/c1-20-14-5-2-10(7-15(14)21(22)23)6-12(9-19)26(24,25)16-8-11(17)3-4-13(16)18/h2-8,20H,1H3/b12-6-. The van der Waals surface area contributed by atoms with E-state index in [2.05, 4.69) is 5.32 Å². The zero-order chi connectivity index (χ0) is 19.5. The number of benzene rings is 2. The van der Waals surface area contributed by atoms with Crippen molar-refractivity contribution in [3.63, 3.8) is 0 Å². The molecule has 1 N–H and O–H groups in total. The normalized spacial score (nSPS) is 11.7. The highest BCUT2D eigenvalue weighted by Gasteiger charge is 2.24. The minimum Gasteiger partial charge on any atom is -0.383 e. The number of nitro groups is 1. The highest BCUT2D eigenvalue weighted by Crippen LogP contribution is 2.31. The Labute approximate surface area is 159 Å². The summed E-state index contributed by atoms with van der Waals surface area (Å²) in [5.41, 5.74) is 0.178. The highest BCUT2D eigenvalue weighted by molar-refractivity contribution is 7.95. The number of nitro benzene ring substituents is 1. The summed E-state index contributed by atoms with van der Waals surface area (Å²) in [6, 6.07) is 9.48. The van der Waals surface area contributed by atoms with Crippen LogP contribution in [-0.4, -0.2) is 20.4 Å². The number of sulfone groups is 1. The fourth-order valence-electron chi connectivity index (χ4n) is 2.12. The molecule has 0 saturated heterocycles. The van der Waals surface area contributed by atoms with Gasteiger partial charge in [0.05, 0.1) is 14.8 Å². The average molecular weight is 412 g/mol. The molecule has 0 spiro atoms. The molecular formula is C16H11Cl2N3O4S. The van der Waals surface area contributed by atoms with E-state index in [-0.39, 0.29) is 31.9 Å². The van der Waals surface area contributed by atoms with Gasteiger partial charge in [0.15, 0.2) is 0 Å². The van der Waals surface area contributed by atoms with Crippen molar-refractivity contribution in [3.8, 4) is 6.07 Å². The summed E-state index contributed by atoms with van der Waals surface area (Å²) in [6.45, 7) is 0. The van der Waals surface area contributed by atoms with Gasteiger partial charge in [0.25, 0.3) is 5.69 Å². The smallest absolute Gasteiger partial charge is 0.292 e. The molecular weight excluding hydrogens is 401 g/mol. The van der Waals surface area contributed by atoms with Crippen LogP contribution in [0.3, 0.4) is 0 Å². The van der Waals surface area contributed by atoms with Crippen LogP contribution in [0.2, 0.25) is 10.0 Å². The predicted octanol–water partition coefficient (Wildman–Crippen LogP) is 4.28. The minimum atomic E-state index is -4.25. The van der Waals surface area contributed by atoms with Gasteiger partial charge in [-0.15, -0.1) is 0 Å². The van der Waals surface area contributed by atoms with Crippen LogP contribution in [0.4, 0.5) is 11.4 Å². The third-order valence-corrected chi connectivity index (χ3v) is 5.75. The summed E-state index contributed by atoms with van der Waals surface area (Å²) >= 11 is 11.7. The van der Waals surface area contributed by atoms with Gasteiger partial charge in [0.2, 0.25) is 9.84 Å². The zero-order valence-corrected chi connectivity index (χ0v) is 15.6. The lowest BCUT2D eigenvalue weighted by atomic mass is 10.1. The van der Waals surface area contributed by atoms with Gasteiger partial charge in [-0.25, -0.2) is 8.42 Å². The van der Waals surface area contributed by atoms with E-state index in [1.54, 1.807) is 6.07 Å². The van der Waals surface area contributed by atoms with Crippen LogP contribution in [0.5, 0.6) is 0 Å². The molecule has 10 heteroatoms. The molecule has 2 rings (SSSR count). The second-order valence-corrected chi connectivity index (χ2v) is 7.71. The molecule has 0 saturated carbocycles. The first-order valence-electron chi connectivity index (χ1n) is 6.99. The molecule has 134 valence electrons. The van der Waals surface area contributed by atoms with Crippen LogP contribution in [0.25, 0.3) is 6.08 Å². The number of rotatable bonds is 5. The summed E-state index contributed by atoms with van der Waals surface area (Å²) in [5.74, 6) is 0. The highest BCUT2D eigenvalue weighted by atomic mass is 35.5. The molecule has 2 aromatic carbocycles. The molecule has 0 aromatic heterocycles. The van der Waals surface area contributed by atoms with Crippen molar-refractivity contribution in [2.24, 2.45) is 0 Å². The Morgan fingerprint density at radius 3 is 2.54 bits per heavy atom. The lowest BCUT2D eigenvalue weighted by Gasteiger charge is -2.07. The molecule has 0 heterocycles. The summed E-state index contributed by atoms with van der Waals surface area (Å²) in [6.07, 6.45) is 1.04. The Morgan fingerprint density at radius 2 is 1.96 bits per heavy atom. The summed E-state index contributed by atoms with van der Waals surface area (Å²) < 4.78 is 25.4. The Balaban J connectivity index is 2.61. The number of hydrogen-bond acceptors (Lipinski definition) is 6. The number of nitriles is 1. The van der Waals surface area contributed by atoms with Crippen LogP contribution < -0.4 is 5.32 Å². The third-order valence-electron chi connectivity index (χ3n) is 3.37. The second kappa shape index (κ2) is 7.74. The van der Waals surface area contributed by atoms with Crippen molar-refractivity contribution in [1.82, 2.24) is 0 Å². The van der Waals surface area contributed by atoms with E-state index in [9.17, 15) is 23.8 Å². The Hall–Kier alpha value is -2.60. The molecule has 0 aliphatic rings. The molecule has 0 aliphatic heterocycles. The van der Waals surface area contributed by atoms with Gasteiger partial charge in [-0.05, 0) is 35.9 Å². The number of allylic oxidation sites excluding steroid dienone is 1. The number of anilines is 1. The van der Waals surface area contributed by atoms with Gasteiger partial charge in [0.1, 0.15) is 16.7 Å². The fourth-order valence-corrected chi connectivity index (χ4v) is 4.04. The number of nitrogens with zero attached hydrogens (tertiary/aromatic N) is 2. The van der Waals surface area contributed by atoms with Crippen molar-refractivity contribution < 1.29 is 13.3 Å². The van der Waals surface area contributed by atoms with Gasteiger partial charge in [-0.2, -0.15) is 5.26 Å². The van der Waals surface area contributed by atoms with E-state index in [1.807, 2.05) is 0 Å². The Bertz CT molecular complexity index is 1060. The van der Waals surface area contributed by atoms with Crippen LogP contribution in [0, 0.1) is 21.4 Å². The molecule has 2 aromatic rings. The lowest BCUT2D eigenvalue weighted by Crippen LogP contribution is -2.04. The topological polar surface area (TPSA) is 113 Å². The molecule has 26 heavy (non-hydrogen) atoms. The maximum Gasteiger partial charge on any atom is 0.292 e. The van der Waals surface area contributed by atoms with Gasteiger partial charge in [-0.3, -0.25) is 10.1 Å². The molecule has 0 unspecified atom stereocenters. The van der Waals surface area contributed by atoms with Crippen LogP contribution in [0.1, 0.15) is 5.56 Å². The van der Waals surface area contributed by atoms with E-state index < -0.39 is 19.7 Å². The number of hydrogen-bond donors (Lipinski definition) is 1. The zero-order valence-electron chi connectivity index (χ0n) is 13.2. The van der Waals surface area contributed by atoms with Crippen molar-refractivity contribution in [3.05, 3.63) is 67.0 Å². The molecule has 0 bridgehead atoms.